The van der Waals surface area contributed by atoms with Crippen LogP contribution in [0.3, 0.4) is 0 Å². The second-order valence-corrected chi connectivity index (χ2v) is 8.02. The third-order valence-electron chi connectivity index (χ3n) is 5.70. The van der Waals surface area contributed by atoms with Crippen molar-refractivity contribution in [2.75, 3.05) is 32.8 Å². The van der Waals surface area contributed by atoms with E-state index in [1.165, 1.54) is 16.7 Å². The van der Waals surface area contributed by atoms with E-state index in [1.807, 2.05) is 25.1 Å². The van der Waals surface area contributed by atoms with Crippen molar-refractivity contribution >= 4 is 0 Å². The number of nitrogens with one attached hydrogen (secondary N) is 1. The fourth-order valence-electron chi connectivity index (χ4n) is 4.21. The van der Waals surface area contributed by atoms with Crippen molar-refractivity contribution in [2.45, 2.75) is 26.5 Å². The normalized spacial score (nSPS) is 15.4. The molecule has 4 heteroatoms. The number of ether oxygens (including phenoxy) is 2. The topological polar surface area (TPSA) is 33.7 Å². The first kappa shape index (κ1) is 21.4. The summed E-state index contributed by atoms with van der Waals surface area (Å²) < 4.78 is 12.1. The molecule has 0 aliphatic carbocycles. The summed E-state index contributed by atoms with van der Waals surface area (Å²) in [6, 6.07) is 25.7. The van der Waals surface area contributed by atoms with Gasteiger partial charge in [0.25, 0.3) is 0 Å². The summed E-state index contributed by atoms with van der Waals surface area (Å²) in [7, 11) is 0. The van der Waals surface area contributed by atoms with Crippen LogP contribution in [-0.2, 0) is 6.61 Å². The lowest BCUT2D eigenvalue weighted by Gasteiger charge is -2.36. The van der Waals surface area contributed by atoms with Gasteiger partial charge in [0.15, 0.2) is 11.5 Å². The number of benzene rings is 3. The molecule has 1 saturated heterocycles. The summed E-state index contributed by atoms with van der Waals surface area (Å²) in [6.45, 7) is 9.38. The van der Waals surface area contributed by atoms with E-state index in [1.54, 1.807) is 0 Å². The molecule has 0 bridgehead atoms. The van der Waals surface area contributed by atoms with Crippen molar-refractivity contribution in [3.05, 3.63) is 95.1 Å². The quantitative estimate of drug-likeness (QED) is 0.562. The van der Waals surface area contributed by atoms with Gasteiger partial charge in [0.2, 0.25) is 0 Å². The smallest absolute Gasteiger partial charge is 0.161 e. The van der Waals surface area contributed by atoms with Gasteiger partial charge in [-0.05, 0) is 42.7 Å². The third-order valence-corrected chi connectivity index (χ3v) is 5.70. The molecule has 3 aromatic rings. The number of nitrogens with zero attached hydrogens (tertiary/aromatic N) is 1. The number of hydrogen-bond acceptors (Lipinski definition) is 4. The Kier molecular flexibility index (Phi) is 7.23. The van der Waals surface area contributed by atoms with Crippen molar-refractivity contribution in [1.82, 2.24) is 10.2 Å². The van der Waals surface area contributed by atoms with E-state index in [9.17, 15) is 0 Å². The summed E-state index contributed by atoms with van der Waals surface area (Å²) >= 11 is 0. The van der Waals surface area contributed by atoms with E-state index in [-0.39, 0.29) is 6.04 Å². The van der Waals surface area contributed by atoms with E-state index in [4.69, 9.17) is 9.47 Å². The molecule has 1 fully saturated rings. The van der Waals surface area contributed by atoms with E-state index in [2.05, 4.69) is 71.7 Å². The number of rotatable bonds is 8. The Labute approximate surface area is 185 Å². The van der Waals surface area contributed by atoms with Crippen LogP contribution in [0.5, 0.6) is 11.5 Å². The summed E-state index contributed by atoms with van der Waals surface area (Å²) in [4.78, 5) is 2.56. The molecule has 4 rings (SSSR count). The Balaban J connectivity index is 1.65. The Hall–Kier alpha value is -2.82. The molecule has 0 amide bonds. The molecule has 1 atom stereocenters. The van der Waals surface area contributed by atoms with Crippen LogP contribution in [0.25, 0.3) is 0 Å². The summed E-state index contributed by atoms with van der Waals surface area (Å²) in [5.41, 5.74) is 4.99. The molecule has 0 spiro atoms. The Morgan fingerprint density at radius 3 is 2.35 bits per heavy atom. The zero-order chi connectivity index (χ0) is 21.5. The van der Waals surface area contributed by atoms with Gasteiger partial charge in [-0.15, -0.1) is 0 Å². The zero-order valence-corrected chi connectivity index (χ0v) is 18.5. The fraction of sp³-hybridized carbons (Fsp3) is 0.333. The van der Waals surface area contributed by atoms with Gasteiger partial charge >= 0.3 is 0 Å². The van der Waals surface area contributed by atoms with Crippen molar-refractivity contribution < 1.29 is 9.47 Å². The summed E-state index contributed by atoms with van der Waals surface area (Å²) in [5, 5.41) is 3.47. The van der Waals surface area contributed by atoms with E-state index in [0.717, 1.165) is 43.2 Å². The SMILES string of the molecule is CCOc1cc(C(c2cccc(C)c2)N2CCNCC2)ccc1OCc1ccccc1. The molecule has 4 nitrogen and oxygen atoms in total. The second-order valence-electron chi connectivity index (χ2n) is 8.02. The minimum atomic E-state index is 0.198. The minimum absolute atomic E-state index is 0.198. The average Bonchev–Trinajstić information content (AvgIpc) is 2.80. The molecule has 1 N–H and O–H groups in total. The first-order valence-corrected chi connectivity index (χ1v) is 11.2. The van der Waals surface area contributed by atoms with Crippen molar-refractivity contribution in [2.24, 2.45) is 0 Å². The molecule has 0 saturated carbocycles. The van der Waals surface area contributed by atoms with Crippen LogP contribution in [0.1, 0.15) is 35.2 Å². The first-order chi connectivity index (χ1) is 15.2. The maximum atomic E-state index is 6.13. The van der Waals surface area contributed by atoms with Crippen molar-refractivity contribution in [3.63, 3.8) is 0 Å². The van der Waals surface area contributed by atoms with Gasteiger partial charge in [0.1, 0.15) is 6.61 Å². The zero-order valence-electron chi connectivity index (χ0n) is 18.5. The van der Waals surface area contributed by atoms with Gasteiger partial charge in [-0.3, -0.25) is 4.90 Å². The van der Waals surface area contributed by atoms with Gasteiger partial charge < -0.3 is 14.8 Å². The predicted octanol–water partition coefficient (Wildman–Crippen LogP) is 4.97. The van der Waals surface area contributed by atoms with Gasteiger partial charge in [-0.2, -0.15) is 0 Å². The Morgan fingerprint density at radius 1 is 0.839 bits per heavy atom. The predicted molar refractivity (Wildman–Crippen MR) is 126 cm³/mol. The lowest BCUT2D eigenvalue weighted by Crippen LogP contribution is -2.45. The lowest BCUT2D eigenvalue weighted by molar-refractivity contribution is 0.197. The third kappa shape index (κ3) is 5.46. The lowest BCUT2D eigenvalue weighted by atomic mass is 9.95. The average molecular weight is 417 g/mol. The molecular weight excluding hydrogens is 384 g/mol. The largest absolute Gasteiger partial charge is 0.490 e. The van der Waals surface area contributed by atoms with Crippen LogP contribution < -0.4 is 14.8 Å². The van der Waals surface area contributed by atoms with E-state index >= 15 is 0 Å². The molecule has 1 heterocycles. The molecule has 1 aliphatic heterocycles. The monoisotopic (exact) mass is 416 g/mol. The fourth-order valence-corrected chi connectivity index (χ4v) is 4.21. The van der Waals surface area contributed by atoms with Gasteiger partial charge in [0, 0.05) is 26.2 Å². The van der Waals surface area contributed by atoms with Crippen LogP contribution in [0.15, 0.2) is 72.8 Å². The van der Waals surface area contributed by atoms with Crippen LogP contribution in [0.2, 0.25) is 0 Å². The van der Waals surface area contributed by atoms with E-state index < -0.39 is 0 Å². The highest BCUT2D eigenvalue weighted by Gasteiger charge is 2.25. The highest BCUT2D eigenvalue weighted by molar-refractivity contribution is 5.46. The molecule has 1 aliphatic rings. The van der Waals surface area contributed by atoms with Crippen LogP contribution in [0, 0.1) is 6.92 Å². The molecule has 0 aromatic heterocycles. The summed E-state index contributed by atoms with van der Waals surface area (Å²) in [5.74, 6) is 1.60. The van der Waals surface area contributed by atoms with Crippen molar-refractivity contribution in [1.29, 1.82) is 0 Å². The molecule has 0 radical (unpaired) electrons. The maximum Gasteiger partial charge on any atom is 0.161 e. The molecule has 162 valence electrons. The number of hydrogen-bond donors (Lipinski definition) is 1. The van der Waals surface area contributed by atoms with Crippen LogP contribution in [-0.4, -0.2) is 37.7 Å². The molecule has 31 heavy (non-hydrogen) atoms. The Morgan fingerprint density at radius 2 is 1.61 bits per heavy atom. The minimum Gasteiger partial charge on any atom is -0.490 e. The van der Waals surface area contributed by atoms with Gasteiger partial charge in [-0.1, -0.05) is 66.2 Å². The standard InChI is InChI=1S/C27H32N2O2/c1-3-30-26-19-24(12-13-25(26)31-20-22-9-5-4-6-10-22)27(29-16-14-28-15-17-29)23-11-7-8-21(2)18-23/h4-13,18-19,27-28H,3,14-17,20H2,1-2H3. The Bertz CT molecular complexity index is 968. The van der Waals surface area contributed by atoms with E-state index in [0.29, 0.717) is 13.2 Å². The first-order valence-electron chi connectivity index (χ1n) is 11.2. The number of piperazine rings is 1. The highest BCUT2D eigenvalue weighted by atomic mass is 16.5. The van der Waals surface area contributed by atoms with Gasteiger partial charge in [-0.25, -0.2) is 0 Å². The summed E-state index contributed by atoms with van der Waals surface area (Å²) in [6.07, 6.45) is 0. The van der Waals surface area contributed by atoms with Crippen molar-refractivity contribution in [3.8, 4) is 11.5 Å². The highest BCUT2D eigenvalue weighted by Crippen LogP contribution is 2.36. The van der Waals surface area contributed by atoms with Crippen LogP contribution >= 0.6 is 0 Å². The van der Waals surface area contributed by atoms with Crippen LogP contribution in [0.4, 0.5) is 0 Å². The molecular formula is C27H32N2O2. The van der Waals surface area contributed by atoms with Gasteiger partial charge in [0.05, 0.1) is 12.6 Å². The molecule has 1 unspecified atom stereocenters. The number of aryl methyl sites for hydroxylation is 1. The molecule has 3 aromatic carbocycles. The second kappa shape index (κ2) is 10.5. The maximum absolute atomic E-state index is 6.13.